The first-order chi connectivity index (χ1) is 9.51. The number of carboxylic acids is 1. The lowest BCUT2D eigenvalue weighted by atomic mass is 10.2. The number of benzene rings is 1. The first kappa shape index (κ1) is 14.6. The Labute approximate surface area is 125 Å². The lowest BCUT2D eigenvalue weighted by Crippen LogP contribution is -2.06. The summed E-state index contributed by atoms with van der Waals surface area (Å²) in [5.41, 5.74) is 2.09. The Balaban J connectivity index is 2.18. The SMILES string of the molecule is CCn1nc(C)cc1COc1cc(C(=O)O)ccc1Br. The molecule has 6 heteroatoms. The van der Waals surface area contributed by atoms with Crippen LogP contribution in [0.1, 0.15) is 28.7 Å². The van der Waals surface area contributed by atoms with Gasteiger partial charge in [-0.1, -0.05) is 0 Å². The van der Waals surface area contributed by atoms with E-state index >= 15 is 0 Å². The van der Waals surface area contributed by atoms with E-state index in [9.17, 15) is 4.79 Å². The standard InChI is InChI=1S/C14H15BrN2O3/c1-3-17-11(6-9(2)16-17)8-20-13-7-10(14(18)19)4-5-12(13)15/h4-7H,3,8H2,1-2H3,(H,18,19). The molecule has 0 unspecified atom stereocenters. The highest BCUT2D eigenvalue weighted by Crippen LogP contribution is 2.27. The van der Waals surface area contributed by atoms with Crippen molar-refractivity contribution in [1.29, 1.82) is 0 Å². The molecule has 0 saturated carbocycles. The fraction of sp³-hybridized carbons (Fsp3) is 0.286. The maximum absolute atomic E-state index is 11.0. The number of hydrogen-bond acceptors (Lipinski definition) is 3. The second-order valence-electron chi connectivity index (χ2n) is 4.33. The first-order valence-electron chi connectivity index (χ1n) is 6.20. The van der Waals surface area contributed by atoms with E-state index < -0.39 is 5.97 Å². The Morgan fingerprint density at radius 3 is 2.85 bits per heavy atom. The summed E-state index contributed by atoms with van der Waals surface area (Å²) in [4.78, 5) is 11.0. The molecule has 0 aliphatic carbocycles. The van der Waals surface area contributed by atoms with E-state index in [-0.39, 0.29) is 5.56 Å². The van der Waals surface area contributed by atoms with Crippen molar-refractivity contribution in [3.05, 3.63) is 45.7 Å². The van der Waals surface area contributed by atoms with Crippen LogP contribution in [-0.2, 0) is 13.2 Å². The van der Waals surface area contributed by atoms with Gasteiger partial charge < -0.3 is 9.84 Å². The normalized spacial score (nSPS) is 10.6. The van der Waals surface area contributed by atoms with Crippen LogP contribution in [0.15, 0.2) is 28.7 Å². The van der Waals surface area contributed by atoms with Gasteiger partial charge >= 0.3 is 5.97 Å². The van der Waals surface area contributed by atoms with Crippen LogP contribution in [0.3, 0.4) is 0 Å². The van der Waals surface area contributed by atoms with Crippen LogP contribution < -0.4 is 4.74 Å². The Bertz CT molecular complexity index is 637. The van der Waals surface area contributed by atoms with Gasteiger partial charge in [0.05, 0.1) is 21.4 Å². The molecule has 2 aromatic rings. The van der Waals surface area contributed by atoms with E-state index in [1.54, 1.807) is 6.07 Å². The van der Waals surface area contributed by atoms with Gasteiger partial charge in [-0.05, 0) is 54.0 Å². The van der Waals surface area contributed by atoms with Crippen molar-refractivity contribution in [1.82, 2.24) is 9.78 Å². The summed E-state index contributed by atoms with van der Waals surface area (Å²) in [5.74, 6) is -0.469. The van der Waals surface area contributed by atoms with Crippen LogP contribution in [0.2, 0.25) is 0 Å². The minimum absolute atomic E-state index is 0.198. The summed E-state index contributed by atoms with van der Waals surface area (Å²) in [6.07, 6.45) is 0. The molecule has 5 nitrogen and oxygen atoms in total. The van der Waals surface area contributed by atoms with Crippen molar-refractivity contribution in [2.45, 2.75) is 27.0 Å². The number of nitrogens with zero attached hydrogens (tertiary/aromatic N) is 2. The van der Waals surface area contributed by atoms with E-state index in [1.807, 2.05) is 24.6 Å². The number of hydrogen-bond donors (Lipinski definition) is 1. The molecule has 1 heterocycles. The van der Waals surface area contributed by atoms with E-state index in [1.165, 1.54) is 12.1 Å². The predicted molar refractivity (Wildman–Crippen MR) is 78.1 cm³/mol. The number of rotatable bonds is 5. The molecule has 0 radical (unpaired) electrons. The quantitative estimate of drug-likeness (QED) is 0.908. The van der Waals surface area contributed by atoms with Gasteiger partial charge in [-0.15, -0.1) is 0 Å². The van der Waals surface area contributed by atoms with Gasteiger partial charge in [-0.2, -0.15) is 5.10 Å². The van der Waals surface area contributed by atoms with Gasteiger partial charge in [0.25, 0.3) is 0 Å². The number of ether oxygens (including phenoxy) is 1. The van der Waals surface area contributed by atoms with Gasteiger partial charge in [-0.25, -0.2) is 4.79 Å². The number of halogens is 1. The van der Waals surface area contributed by atoms with Crippen LogP contribution >= 0.6 is 15.9 Å². The van der Waals surface area contributed by atoms with Crippen LogP contribution in [0.5, 0.6) is 5.75 Å². The second-order valence-corrected chi connectivity index (χ2v) is 5.19. The van der Waals surface area contributed by atoms with Crippen LogP contribution in [0, 0.1) is 6.92 Å². The molecular weight excluding hydrogens is 324 g/mol. The molecule has 106 valence electrons. The van der Waals surface area contributed by atoms with Gasteiger partial charge in [0.15, 0.2) is 0 Å². The highest BCUT2D eigenvalue weighted by Gasteiger charge is 2.10. The van der Waals surface area contributed by atoms with E-state index in [4.69, 9.17) is 9.84 Å². The summed E-state index contributed by atoms with van der Waals surface area (Å²) in [5, 5.41) is 13.3. The van der Waals surface area contributed by atoms with Crippen molar-refractivity contribution in [2.75, 3.05) is 0 Å². The zero-order valence-electron chi connectivity index (χ0n) is 11.3. The maximum atomic E-state index is 11.0. The third kappa shape index (κ3) is 3.19. The third-order valence-electron chi connectivity index (χ3n) is 2.84. The van der Waals surface area contributed by atoms with Crippen LogP contribution in [0.4, 0.5) is 0 Å². The fourth-order valence-corrected chi connectivity index (χ4v) is 2.25. The van der Waals surface area contributed by atoms with E-state index in [0.717, 1.165) is 22.4 Å². The van der Waals surface area contributed by atoms with Crippen molar-refractivity contribution >= 4 is 21.9 Å². The molecule has 20 heavy (non-hydrogen) atoms. The largest absolute Gasteiger partial charge is 0.486 e. The number of aryl methyl sites for hydroxylation is 2. The number of aromatic carboxylic acids is 1. The zero-order chi connectivity index (χ0) is 14.7. The average Bonchev–Trinajstić information content (AvgIpc) is 2.77. The number of carboxylic acid groups (broad SMARTS) is 1. The Kier molecular flexibility index (Phi) is 4.44. The van der Waals surface area contributed by atoms with E-state index in [2.05, 4.69) is 21.0 Å². The number of carbonyl (C=O) groups is 1. The molecule has 1 aromatic heterocycles. The molecule has 1 N–H and O–H groups in total. The Morgan fingerprint density at radius 1 is 1.45 bits per heavy atom. The molecule has 0 atom stereocenters. The lowest BCUT2D eigenvalue weighted by Gasteiger charge is -2.10. The van der Waals surface area contributed by atoms with E-state index in [0.29, 0.717) is 12.4 Å². The Morgan fingerprint density at radius 2 is 2.20 bits per heavy atom. The van der Waals surface area contributed by atoms with Crippen LogP contribution in [0.25, 0.3) is 0 Å². The molecule has 0 saturated heterocycles. The second kappa shape index (κ2) is 6.09. The molecule has 0 fully saturated rings. The van der Waals surface area contributed by atoms with Gasteiger partial charge in [-0.3, -0.25) is 4.68 Å². The van der Waals surface area contributed by atoms with Gasteiger partial charge in [0, 0.05) is 6.54 Å². The van der Waals surface area contributed by atoms with Gasteiger partial charge in [0.1, 0.15) is 12.4 Å². The molecule has 1 aromatic carbocycles. The zero-order valence-corrected chi connectivity index (χ0v) is 12.8. The molecule has 0 aliphatic heterocycles. The number of aromatic nitrogens is 2. The van der Waals surface area contributed by atoms with Crippen molar-refractivity contribution < 1.29 is 14.6 Å². The molecule has 0 amide bonds. The molecule has 0 spiro atoms. The average molecular weight is 339 g/mol. The summed E-state index contributed by atoms with van der Waals surface area (Å²) in [6.45, 7) is 5.05. The first-order valence-corrected chi connectivity index (χ1v) is 6.99. The Hall–Kier alpha value is -1.82. The molecular formula is C14H15BrN2O3. The lowest BCUT2D eigenvalue weighted by molar-refractivity contribution is 0.0696. The minimum Gasteiger partial charge on any atom is -0.486 e. The smallest absolute Gasteiger partial charge is 0.335 e. The highest BCUT2D eigenvalue weighted by atomic mass is 79.9. The molecule has 0 bridgehead atoms. The van der Waals surface area contributed by atoms with Crippen molar-refractivity contribution in [2.24, 2.45) is 0 Å². The van der Waals surface area contributed by atoms with Crippen molar-refractivity contribution in [3.8, 4) is 5.75 Å². The van der Waals surface area contributed by atoms with Gasteiger partial charge in [0.2, 0.25) is 0 Å². The third-order valence-corrected chi connectivity index (χ3v) is 3.49. The molecule has 2 rings (SSSR count). The topological polar surface area (TPSA) is 64.4 Å². The summed E-state index contributed by atoms with van der Waals surface area (Å²) >= 11 is 3.35. The van der Waals surface area contributed by atoms with Crippen LogP contribution in [-0.4, -0.2) is 20.9 Å². The van der Waals surface area contributed by atoms with Crippen molar-refractivity contribution in [3.63, 3.8) is 0 Å². The molecule has 0 aliphatic rings. The summed E-state index contributed by atoms with van der Waals surface area (Å²) < 4.78 is 8.29. The predicted octanol–water partition coefficient (Wildman–Crippen LogP) is 3.25. The minimum atomic E-state index is -0.975. The fourth-order valence-electron chi connectivity index (χ4n) is 1.89. The maximum Gasteiger partial charge on any atom is 0.335 e. The monoisotopic (exact) mass is 338 g/mol. The summed E-state index contributed by atoms with van der Waals surface area (Å²) in [6, 6.07) is 6.66. The summed E-state index contributed by atoms with van der Waals surface area (Å²) in [7, 11) is 0. The highest BCUT2D eigenvalue weighted by molar-refractivity contribution is 9.10.